The summed E-state index contributed by atoms with van der Waals surface area (Å²) in [7, 11) is 5.47. The lowest BCUT2D eigenvalue weighted by Gasteiger charge is -2.24. The van der Waals surface area contributed by atoms with Crippen LogP contribution >= 0.6 is 11.8 Å². The first kappa shape index (κ1) is 19.9. The van der Waals surface area contributed by atoms with Gasteiger partial charge in [0.2, 0.25) is 5.91 Å². The molecule has 23 heavy (non-hydrogen) atoms. The zero-order chi connectivity index (χ0) is 17.2. The fraction of sp³-hybridized carbons (Fsp3) is 0.562. The number of rotatable bonds is 10. The van der Waals surface area contributed by atoms with Crippen LogP contribution in [-0.2, 0) is 16.1 Å². The summed E-state index contributed by atoms with van der Waals surface area (Å²) in [5.41, 5.74) is 0.581. The van der Waals surface area contributed by atoms with E-state index in [0.717, 1.165) is 17.9 Å². The molecule has 0 aliphatic heterocycles. The molecule has 0 saturated heterocycles. The van der Waals surface area contributed by atoms with E-state index in [1.807, 2.05) is 19.0 Å². The first-order valence-corrected chi connectivity index (χ1v) is 8.52. The van der Waals surface area contributed by atoms with Gasteiger partial charge in [-0.25, -0.2) is 8.78 Å². The fourth-order valence-corrected chi connectivity index (χ4v) is 2.65. The summed E-state index contributed by atoms with van der Waals surface area (Å²) in [5, 5.41) is 0. The van der Waals surface area contributed by atoms with Gasteiger partial charge in [0.05, 0.1) is 12.4 Å². The molecule has 0 bridgehead atoms. The van der Waals surface area contributed by atoms with E-state index in [0.29, 0.717) is 31.0 Å². The molecule has 130 valence electrons. The second kappa shape index (κ2) is 10.6. The Labute approximate surface area is 140 Å². The van der Waals surface area contributed by atoms with Crippen LogP contribution < -0.4 is 0 Å². The molecule has 0 aromatic heterocycles. The Morgan fingerprint density at radius 2 is 1.96 bits per heavy atom. The van der Waals surface area contributed by atoms with Gasteiger partial charge in [-0.05, 0) is 31.8 Å². The number of halogens is 2. The van der Waals surface area contributed by atoms with Crippen molar-refractivity contribution in [3.8, 4) is 0 Å². The topological polar surface area (TPSA) is 32.8 Å². The third-order valence-corrected chi connectivity index (χ3v) is 4.09. The Morgan fingerprint density at radius 1 is 1.22 bits per heavy atom. The van der Waals surface area contributed by atoms with Gasteiger partial charge in [0.1, 0.15) is 0 Å². The van der Waals surface area contributed by atoms with E-state index < -0.39 is 11.6 Å². The van der Waals surface area contributed by atoms with Gasteiger partial charge in [-0.1, -0.05) is 6.07 Å². The number of likely N-dealkylation sites (N-methyl/N-ethyl adjacent to an activating group) is 1. The Balaban J connectivity index is 2.66. The minimum absolute atomic E-state index is 0.0160. The van der Waals surface area contributed by atoms with Gasteiger partial charge in [-0.2, -0.15) is 0 Å². The van der Waals surface area contributed by atoms with E-state index in [9.17, 15) is 13.6 Å². The van der Waals surface area contributed by atoms with Crippen LogP contribution in [-0.4, -0.2) is 68.1 Å². The van der Waals surface area contributed by atoms with Crippen molar-refractivity contribution in [3.63, 3.8) is 0 Å². The van der Waals surface area contributed by atoms with Crippen molar-refractivity contribution < 1.29 is 18.3 Å². The molecule has 0 aliphatic carbocycles. The van der Waals surface area contributed by atoms with E-state index in [2.05, 4.69) is 0 Å². The Kier molecular flexibility index (Phi) is 9.13. The van der Waals surface area contributed by atoms with E-state index in [1.54, 1.807) is 12.0 Å². The van der Waals surface area contributed by atoms with Crippen LogP contribution in [0.3, 0.4) is 0 Å². The molecule has 0 fully saturated rings. The molecule has 0 aliphatic rings. The first-order valence-electron chi connectivity index (χ1n) is 7.37. The lowest BCUT2D eigenvalue weighted by molar-refractivity contribution is -0.129. The van der Waals surface area contributed by atoms with Crippen LogP contribution in [0.1, 0.15) is 5.56 Å². The van der Waals surface area contributed by atoms with Crippen molar-refractivity contribution in [1.82, 2.24) is 9.80 Å². The number of benzene rings is 1. The van der Waals surface area contributed by atoms with E-state index in [4.69, 9.17) is 4.74 Å². The van der Waals surface area contributed by atoms with Crippen molar-refractivity contribution >= 4 is 17.7 Å². The highest BCUT2D eigenvalue weighted by molar-refractivity contribution is 7.99. The average molecular weight is 346 g/mol. The molecule has 0 heterocycles. The van der Waals surface area contributed by atoms with Gasteiger partial charge >= 0.3 is 0 Å². The molecule has 0 atom stereocenters. The highest BCUT2D eigenvalue weighted by atomic mass is 32.2. The van der Waals surface area contributed by atoms with Crippen LogP contribution in [0, 0.1) is 11.6 Å². The second-order valence-corrected chi connectivity index (χ2v) is 6.52. The third-order valence-electron chi connectivity index (χ3n) is 3.18. The van der Waals surface area contributed by atoms with Crippen molar-refractivity contribution in [2.45, 2.75) is 6.54 Å². The summed E-state index contributed by atoms with van der Waals surface area (Å²) >= 11 is 1.50. The van der Waals surface area contributed by atoms with Crippen LogP contribution in [0.25, 0.3) is 0 Å². The number of ether oxygens (including phenoxy) is 1. The highest BCUT2D eigenvalue weighted by Crippen LogP contribution is 2.12. The van der Waals surface area contributed by atoms with Crippen LogP contribution in [0.15, 0.2) is 18.2 Å². The van der Waals surface area contributed by atoms with Gasteiger partial charge in [0.15, 0.2) is 11.6 Å². The van der Waals surface area contributed by atoms with Crippen molar-refractivity contribution in [1.29, 1.82) is 0 Å². The Morgan fingerprint density at radius 3 is 2.57 bits per heavy atom. The third kappa shape index (κ3) is 7.76. The number of methoxy groups -OCH3 is 1. The standard InChI is InChI=1S/C16H24F2N2O2S/c1-19(2)6-7-20(16(21)12-23-9-8-22-3)11-13-4-5-14(17)15(18)10-13/h4-5,10H,6-9,11-12H2,1-3H3. The SMILES string of the molecule is COCCSCC(=O)N(CCN(C)C)Cc1ccc(F)c(F)c1. The molecule has 1 rings (SSSR count). The fourth-order valence-electron chi connectivity index (χ4n) is 1.86. The maximum absolute atomic E-state index is 13.3. The number of hydrogen-bond acceptors (Lipinski definition) is 4. The van der Waals surface area contributed by atoms with Crippen LogP contribution in [0.4, 0.5) is 8.78 Å². The summed E-state index contributed by atoms with van der Waals surface area (Å²) in [6.07, 6.45) is 0. The van der Waals surface area contributed by atoms with Crippen molar-refractivity contribution in [2.24, 2.45) is 0 Å². The smallest absolute Gasteiger partial charge is 0.232 e. The summed E-state index contributed by atoms with van der Waals surface area (Å²) in [4.78, 5) is 16.0. The predicted octanol–water partition coefficient (Wildman–Crippen LogP) is 2.23. The van der Waals surface area contributed by atoms with Gasteiger partial charge < -0.3 is 14.5 Å². The molecular formula is C16H24F2N2O2S. The molecule has 0 saturated carbocycles. The lowest BCUT2D eigenvalue weighted by atomic mass is 10.2. The quantitative estimate of drug-likeness (QED) is 0.608. The van der Waals surface area contributed by atoms with Gasteiger partial charge in [-0.3, -0.25) is 4.79 Å². The highest BCUT2D eigenvalue weighted by Gasteiger charge is 2.15. The summed E-state index contributed by atoms with van der Waals surface area (Å²) < 4.78 is 31.3. The number of hydrogen-bond donors (Lipinski definition) is 0. The van der Waals surface area contributed by atoms with Gasteiger partial charge in [0, 0.05) is 32.5 Å². The summed E-state index contributed by atoms with van der Waals surface area (Å²) in [5.74, 6) is -0.695. The Bertz CT molecular complexity index is 501. The maximum Gasteiger partial charge on any atom is 0.232 e. The van der Waals surface area contributed by atoms with Crippen LogP contribution in [0.2, 0.25) is 0 Å². The van der Waals surface area contributed by atoms with Crippen molar-refractivity contribution in [3.05, 3.63) is 35.4 Å². The second-order valence-electron chi connectivity index (χ2n) is 5.41. The molecule has 1 aromatic carbocycles. The van der Waals surface area contributed by atoms with Gasteiger partial charge in [-0.15, -0.1) is 11.8 Å². The van der Waals surface area contributed by atoms with E-state index in [1.165, 1.54) is 17.8 Å². The normalized spacial score (nSPS) is 11.0. The molecular weight excluding hydrogens is 322 g/mol. The zero-order valence-electron chi connectivity index (χ0n) is 13.8. The molecule has 0 unspecified atom stereocenters. The van der Waals surface area contributed by atoms with E-state index >= 15 is 0 Å². The molecule has 1 aromatic rings. The lowest BCUT2D eigenvalue weighted by Crippen LogP contribution is -2.37. The number of carbonyl (C=O) groups excluding carboxylic acids is 1. The Hall–Kier alpha value is -1.18. The molecule has 0 N–H and O–H groups in total. The molecule has 1 amide bonds. The average Bonchev–Trinajstić information content (AvgIpc) is 2.51. The maximum atomic E-state index is 13.3. The van der Waals surface area contributed by atoms with Crippen molar-refractivity contribution in [2.75, 3.05) is 52.4 Å². The molecule has 7 heteroatoms. The summed E-state index contributed by atoms with van der Waals surface area (Å²) in [6.45, 7) is 2.11. The molecule has 0 spiro atoms. The largest absolute Gasteiger partial charge is 0.384 e. The zero-order valence-corrected chi connectivity index (χ0v) is 14.7. The molecule has 4 nitrogen and oxygen atoms in total. The minimum Gasteiger partial charge on any atom is -0.384 e. The predicted molar refractivity (Wildman–Crippen MR) is 89.5 cm³/mol. The van der Waals surface area contributed by atoms with E-state index in [-0.39, 0.29) is 12.5 Å². The first-order chi connectivity index (χ1) is 10.9. The van der Waals surface area contributed by atoms with Gasteiger partial charge in [0.25, 0.3) is 0 Å². The number of amides is 1. The number of carbonyl (C=O) groups is 1. The van der Waals surface area contributed by atoms with Crippen LogP contribution in [0.5, 0.6) is 0 Å². The minimum atomic E-state index is -0.892. The summed E-state index contributed by atoms with van der Waals surface area (Å²) in [6, 6.07) is 3.74. The molecule has 0 radical (unpaired) electrons. The monoisotopic (exact) mass is 346 g/mol. The number of nitrogens with zero attached hydrogens (tertiary/aromatic N) is 2. The number of thioether (sulfide) groups is 1.